The van der Waals surface area contributed by atoms with E-state index in [1.807, 2.05) is 0 Å². The lowest BCUT2D eigenvalue weighted by Crippen LogP contribution is -2.21. The molecule has 0 aliphatic carbocycles. The third kappa shape index (κ3) is 11.6. The maximum absolute atomic E-state index is 10.2. The maximum atomic E-state index is 10.2. The molecule has 23 heavy (non-hydrogen) atoms. The molecule has 0 spiro atoms. The van der Waals surface area contributed by atoms with E-state index in [4.69, 9.17) is 38.0 Å². The summed E-state index contributed by atoms with van der Waals surface area (Å²) >= 11 is 5.27. The van der Waals surface area contributed by atoms with E-state index in [-0.39, 0.29) is 24.6 Å². The highest BCUT2D eigenvalue weighted by molar-refractivity contribution is 6.18. The molecule has 1 aliphatic rings. The second kappa shape index (κ2) is 12.9. The minimum atomic E-state index is -0.564. The number of aliphatic hydroxyl groups is 2. The van der Waals surface area contributed by atoms with Crippen LogP contribution in [0.15, 0.2) is 18.2 Å². The van der Waals surface area contributed by atoms with Crippen LogP contribution in [0.25, 0.3) is 0 Å². The number of nitrogens with zero attached hydrogens (tertiary/aromatic N) is 1. The van der Waals surface area contributed by atoms with Crippen LogP contribution in [-0.4, -0.2) is 60.0 Å². The van der Waals surface area contributed by atoms with Gasteiger partial charge in [-0.2, -0.15) is 0 Å². The molecule has 2 rings (SSSR count). The van der Waals surface area contributed by atoms with Gasteiger partial charge < -0.3 is 31.7 Å². The Kier molecular flexibility index (Phi) is 11.9. The highest BCUT2D eigenvalue weighted by atomic mass is 35.5. The number of hydrogen-bond donors (Lipinski definition) is 5. The molecule has 1 saturated heterocycles. The Morgan fingerprint density at radius 2 is 1.91 bits per heavy atom. The number of nitrogen functional groups attached to an aromatic ring is 2. The standard InChI is InChI=1S/C6H7N3O2.C4H11NO2.C3H5ClO/c7-4-1-2-5(8)6(3-4)9(10)11;6-3-1-5-2-4-7;4-1-3-2-5-3/h1-3H,7-8H2;5-7H,1-4H2;3H,1-2H2. The molecule has 0 bridgehead atoms. The van der Waals surface area contributed by atoms with Crippen molar-refractivity contribution in [2.24, 2.45) is 0 Å². The van der Waals surface area contributed by atoms with Crippen LogP contribution < -0.4 is 16.8 Å². The first-order valence-electron chi connectivity index (χ1n) is 6.85. The third-order valence-electron chi connectivity index (χ3n) is 2.40. The molecule has 1 fully saturated rings. The summed E-state index contributed by atoms with van der Waals surface area (Å²) in [6, 6.07) is 4.16. The predicted molar refractivity (Wildman–Crippen MR) is 89.4 cm³/mol. The number of nitro benzene ring substituents is 1. The van der Waals surface area contributed by atoms with Gasteiger partial charge in [-0.1, -0.05) is 0 Å². The first-order chi connectivity index (χ1) is 11.0. The summed E-state index contributed by atoms with van der Waals surface area (Å²) in [6.45, 7) is 2.30. The molecule has 1 aromatic carbocycles. The van der Waals surface area contributed by atoms with Crippen LogP contribution in [0, 0.1) is 10.1 Å². The zero-order valence-corrected chi connectivity index (χ0v) is 13.4. The van der Waals surface area contributed by atoms with E-state index in [0.717, 1.165) is 6.61 Å². The quantitative estimate of drug-likeness (QED) is 0.119. The van der Waals surface area contributed by atoms with E-state index in [0.29, 0.717) is 30.8 Å². The lowest BCUT2D eigenvalue weighted by atomic mass is 10.2. The van der Waals surface area contributed by atoms with Crippen LogP contribution in [-0.2, 0) is 4.74 Å². The van der Waals surface area contributed by atoms with Gasteiger partial charge in [-0.05, 0) is 12.1 Å². The fraction of sp³-hybridized carbons (Fsp3) is 0.538. The number of rotatable bonds is 6. The van der Waals surface area contributed by atoms with Gasteiger partial charge in [-0.3, -0.25) is 10.1 Å². The van der Waals surface area contributed by atoms with Crippen molar-refractivity contribution in [1.82, 2.24) is 5.32 Å². The lowest BCUT2D eigenvalue weighted by molar-refractivity contribution is -0.383. The largest absolute Gasteiger partial charge is 0.399 e. The van der Waals surface area contributed by atoms with Gasteiger partial charge in [-0.15, -0.1) is 11.6 Å². The van der Waals surface area contributed by atoms with Gasteiger partial charge in [0.15, 0.2) is 0 Å². The number of aliphatic hydroxyl groups excluding tert-OH is 2. The van der Waals surface area contributed by atoms with Crippen LogP contribution in [0.3, 0.4) is 0 Å². The van der Waals surface area contributed by atoms with Crippen LogP contribution in [0.4, 0.5) is 17.1 Å². The topological polar surface area (TPSA) is 160 Å². The third-order valence-corrected chi connectivity index (χ3v) is 2.75. The van der Waals surface area contributed by atoms with Crippen molar-refractivity contribution in [3.8, 4) is 0 Å². The first kappa shape index (κ1) is 21.4. The molecule has 1 atom stereocenters. The fourth-order valence-electron chi connectivity index (χ4n) is 1.16. The Hall–Kier alpha value is -1.65. The molecule has 1 aromatic rings. The summed E-state index contributed by atoms with van der Waals surface area (Å²) in [4.78, 5) is 9.68. The number of epoxide rings is 1. The van der Waals surface area contributed by atoms with Crippen molar-refractivity contribution < 1.29 is 19.9 Å². The van der Waals surface area contributed by atoms with E-state index >= 15 is 0 Å². The van der Waals surface area contributed by atoms with Crippen molar-refractivity contribution >= 4 is 28.7 Å². The molecule has 0 amide bonds. The second-order valence-electron chi connectivity index (χ2n) is 4.38. The Labute approximate surface area is 139 Å². The van der Waals surface area contributed by atoms with Gasteiger partial charge in [0.25, 0.3) is 5.69 Å². The number of nitrogens with one attached hydrogen (secondary N) is 1. The van der Waals surface area contributed by atoms with E-state index in [1.54, 1.807) is 0 Å². The zero-order valence-electron chi connectivity index (χ0n) is 12.7. The second-order valence-corrected chi connectivity index (χ2v) is 4.69. The number of halogens is 1. The molecule has 1 unspecified atom stereocenters. The zero-order chi connectivity index (χ0) is 17.7. The molecule has 0 aromatic heterocycles. The average Bonchev–Trinajstić information content (AvgIpc) is 3.35. The fourth-order valence-corrected chi connectivity index (χ4v) is 1.34. The van der Waals surface area contributed by atoms with E-state index in [2.05, 4.69) is 5.32 Å². The highest BCUT2D eigenvalue weighted by Gasteiger charge is 2.19. The molecule has 10 heteroatoms. The Bertz CT molecular complexity index is 456. The molecule has 9 nitrogen and oxygen atoms in total. The SMILES string of the molecule is ClCC1CO1.Nc1ccc(N)c([N+](=O)[O-])c1.OCCNCCO. The number of hydrogen-bond acceptors (Lipinski definition) is 8. The Morgan fingerprint density at radius 1 is 1.35 bits per heavy atom. The van der Waals surface area contributed by atoms with Crippen molar-refractivity contribution in [2.45, 2.75) is 6.10 Å². The van der Waals surface area contributed by atoms with Gasteiger partial charge in [0.1, 0.15) is 5.69 Å². The van der Waals surface area contributed by atoms with Crippen LogP contribution in [0.2, 0.25) is 0 Å². The molecule has 7 N–H and O–H groups in total. The van der Waals surface area contributed by atoms with E-state index in [1.165, 1.54) is 18.2 Å². The van der Waals surface area contributed by atoms with Gasteiger partial charge in [0.05, 0.1) is 36.7 Å². The van der Waals surface area contributed by atoms with Crippen LogP contribution in [0.1, 0.15) is 0 Å². The summed E-state index contributed by atoms with van der Waals surface area (Å²) in [7, 11) is 0. The smallest absolute Gasteiger partial charge is 0.294 e. The van der Waals surface area contributed by atoms with Crippen molar-refractivity contribution in [3.63, 3.8) is 0 Å². The molecule has 0 radical (unpaired) electrons. The van der Waals surface area contributed by atoms with Crippen molar-refractivity contribution in [2.75, 3.05) is 50.3 Å². The monoisotopic (exact) mass is 350 g/mol. The Morgan fingerprint density at radius 3 is 2.22 bits per heavy atom. The van der Waals surface area contributed by atoms with Gasteiger partial charge in [0, 0.05) is 24.8 Å². The maximum Gasteiger partial charge on any atom is 0.294 e. The highest BCUT2D eigenvalue weighted by Crippen LogP contribution is 2.22. The molecule has 1 heterocycles. The van der Waals surface area contributed by atoms with E-state index in [9.17, 15) is 10.1 Å². The molecule has 0 saturated carbocycles. The number of alkyl halides is 1. The van der Waals surface area contributed by atoms with Gasteiger partial charge >= 0.3 is 0 Å². The number of nitro groups is 1. The number of ether oxygens (including phenoxy) is 1. The predicted octanol–water partition coefficient (Wildman–Crippen LogP) is -0.0562. The number of nitrogens with two attached hydrogens (primary N) is 2. The average molecular weight is 351 g/mol. The van der Waals surface area contributed by atoms with E-state index < -0.39 is 4.92 Å². The summed E-state index contributed by atoms with van der Waals surface area (Å²) in [5.74, 6) is 0.667. The molecular formula is C13H23ClN4O5. The molecule has 1 aliphatic heterocycles. The van der Waals surface area contributed by atoms with Crippen LogP contribution in [0.5, 0.6) is 0 Å². The summed E-state index contributed by atoms with van der Waals surface area (Å²) in [5, 5.41) is 29.3. The van der Waals surface area contributed by atoms with Crippen molar-refractivity contribution in [1.29, 1.82) is 0 Å². The normalized spacial score (nSPS) is 14.8. The molecular weight excluding hydrogens is 328 g/mol. The minimum absolute atomic E-state index is 0.129. The first-order valence-corrected chi connectivity index (χ1v) is 7.39. The van der Waals surface area contributed by atoms with Gasteiger partial charge in [-0.25, -0.2) is 0 Å². The molecule has 132 valence electrons. The van der Waals surface area contributed by atoms with Gasteiger partial charge in [0.2, 0.25) is 0 Å². The lowest BCUT2D eigenvalue weighted by Gasteiger charge is -1.96. The summed E-state index contributed by atoms with van der Waals surface area (Å²) in [5.41, 5.74) is 10.9. The van der Waals surface area contributed by atoms with Crippen LogP contribution >= 0.6 is 11.6 Å². The minimum Gasteiger partial charge on any atom is -0.399 e. The number of anilines is 2. The van der Waals surface area contributed by atoms with Crippen molar-refractivity contribution in [3.05, 3.63) is 28.3 Å². The number of benzene rings is 1. The summed E-state index contributed by atoms with van der Waals surface area (Å²) in [6.07, 6.45) is 0.400. The summed E-state index contributed by atoms with van der Waals surface area (Å²) < 4.78 is 4.73. The Balaban J connectivity index is 0.000000345.